The summed E-state index contributed by atoms with van der Waals surface area (Å²) in [5, 5.41) is 0. The Balaban J connectivity index is 2.35. The number of ether oxygens (including phenoxy) is 2. The molecule has 4 heteroatoms. The Morgan fingerprint density at radius 1 is 1.10 bits per heavy atom. The number of halogens is 1. The third-order valence-electron chi connectivity index (χ3n) is 3.12. The topological polar surface area (TPSA) is 44.5 Å². The second-order valence-electron chi connectivity index (χ2n) is 5.10. The standard InChI is InChI=1S/C17H20BrNO2/c1-11(2)21-14-6-4-5-12(9-14)17(19)15-10-13(18)7-8-16(15)20-3/h4-11,17H,19H2,1-3H3. The molecule has 112 valence electrons. The molecule has 0 spiro atoms. The summed E-state index contributed by atoms with van der Waals surface area (Å²) in [6.07, 6.45) is 0.136. The highest BCUT2D eigenvalue weighted by atomic mass is 79.9. The van der Waals surface area contributed by atoms with Crippen LogP contribution < -0.4 is 15.2 Å². The molecule has 2 aromatic rings. The van der Waals surface area contributed by atoms with Crippen LogP contribution in [0.15, 0.2) is 46.9 Å². The highest BCUT2D eigenvalue weighted by Gasteiger charge is 2.15. The summed E-state index contributed by atoms with van der Waals surface area (Å²) < 4.78 is 12.1. The fraction of sp³-hybridized carbons (Fsp3) is 0.294. The van der Waals surface area contributed by atoms with Gasteiger partial charge in [-0.25, -0.2) is 0 Å². The van der Waals surface area contributed by atoms with Gasteiger partial charge in [0.1, 0.15) is 11.5 Å². The summed E-state index contributed by atoms with van der Waals surface area (Å²) in [5.41, 5.74) is 8.33. The smallest absolute Gasteiger partial charge is 0.124 e. The lowest BCUT2D eigenvalue weighted by Crippen LogP contribution is -2.14. The van der Waals surface area contributed by atoms with Crippen molar-refractivity contribution >= 4 is 15.9 Å². The van der Waals surface area contributed by atoms with Crippen LogP contribution in [0.25, 0.3) is 0 Å². The fourth-order valence-corrected chi connectivity index (χ4v) is 2.56. The van der Waals surface area contributed by atoms with Gasteiger partial charge >= 0.3 is 0 Å². The van der Waals surface area contributed by atoms with Gasteiger partial charge < -0.3 is 15.2 Å². The van der Waals surface area contributed by atoms with Crippen molar-refractivity contribution in [2.45, 2.75) is 26.0 Å². The molecule has 21 heavy (non-hydrogen) atoms. The van der Waals surface area contributed by atoms with Crippen molar-refractivity contribution in [3.63, 3.8) is 0 Å². The van der Waals surface area contributed by atoms with Crippen molar-refractivity contribution in [2.24, 2.45) is 5.73 Å². The molecule has 1 unspecified atom stereocenters. The lowest BCUT2D eigenvalue weighted by Gasteiger charge is -2.18. The summed E-state index contributed by atoms with van der Waals surface area (Å²) in [4.78, 5) is 0. The Morgan fingerprint density at radius 3 is 2.52 bits per heavy atom. The molecule has 0 aliphatic heterocycles. The molecule has 2 aromatic carbocycles. The molecule has 2 N–H and O–H groups in total. The molecular weight excluding hydrogens is 330 g/mol. The number of benzene rings is 2. The van der Waals surface area contributed by atoms with E-state index in [1.165, 1.54) is 0 Å². The summed E-state index contributed by atoms with van der Waals surface area (Å²) in [6.45, 7) is 4.01. The Kier molecular flexibility index (Phi) is 5.26. The first-order valence-corrected chi connectivity index (χ1v) is 7.66. The van der Waals surface area contributed by atoms with E-state index in [1.54, 1.807) is 7.11 Å². The highest BCUT2D eigenvalue weighted by molar-refractivity contribution is 9.10. The van der Waals surface area contributed by atoms with Crippen LogP contribution >= 0.6 is 15.9 Å². The number of hydrogen-bond donors (Lipinski definition) is 1. The predicted octanol–water partition coefficient (Wildman–Crippen LogP) is 4.29. The maximum Gasteiger partial charge on any atom is 0.124 e. The van der Waals surface area contributed by atoms with Crippen molar-refractivity contribution in [1.82, 2.24) is 0 Å². The SMILES string of the molecule is COc1ccc(Br)cc1C(N)c1cccc(OC(C)C)c1. The molecule has 1 atom stereocenters. The lowest BCUT2D eigenvalue weighted by atomic mass is 9.98. The van der Waals surface area contributed by atoms with Gasteiger partial charge in [0.15, 0.2) is 0 Å². The normalized spacial score (nSPS) is 12.3. The minimum Gasteiger partial charge on any atom is -0.496 e. The highest BCUT2D eigenvalue weighted by Crippen LogP contribution is 2.32. The number of rotatable bonds is 5. The van der Waals surface area contributed by atoms with Crippen molar-refractivity contribution in [3.05, 3.63) is 58.1 Å². The van der Waals surface area contributed by atoms with Gasteiger partial charge in [-0.2, -0.15) is 0 Å². The van der Waals surface area contributed by atoms with E-state index in [-0.39, 0.29) is 12.1 Å². The Labute approximate surface area is 134 Å². The van der Waals surface area contributed by atoms with E-state index in [1.807, 2.05) is 56.3 Å². The molecule has 0 aliphatic rings. The van der Waals surface area contributed by atoms with Gasteiger partial charge in [0, 0.05) is 10.0 Å². The van der Waals surface area contributed by atoms with Crippen LogP contribution in [0.1, 0.15) is 31.0 Å². The average Bonchev–Trinajstić information content (AvgIpc) is 2.46. The second-order valence-corrected chi connectivity index (χ2v) is 6.02. The van der Waals surface area contributed by atoms with Crippen LogP contribution in [0, 0.1) is 0 Å². The van der Waals surface area contributed by atoms with Gasteiger partial charge in [-0.15, -0.1) is 0 Å². The number of hydrogen-bond acceptors (Lipinski definition) is 3. The van der Waals surface area contributed by atoms with Crippen molar-refractivity contribution in [3.8, 4) is 11.5 Å². The maximum atomic E-state index is 6.40. The monoisotopic (exact) mass is 349 g/mol. The predicted molar refractivity (Wildman–Crippen MR) is 88.9 cm³/mol. The van der Waals surface area contributed by atoms with E-state index in [0.29, 0.717) is 0 Å². The van der Waals surface area contributed by atoms with E-state index >= 15 is 0 Å². The van der Waals surface area contributed by atoms with Crippen LogP contribution in [0.2, 0.25) is 0 Å². The molecule has 0 radical (unpaired) electrons. The zero-order valence-corrected chi connectivity index (χ0v) is 14.1. The maximum absolute atomic E-state index is 6.40. The first-order valence-electron chi connectivity index (χ1n) is 6.87. The quantitative estimate of drug-likeness (QED) is 0.875. The van der Waals surface area contributed by atoms with Crippen LogP contribution in [0.5, 0.6) is 11.5 Å². The first-order chi connectivity index (χ1) is 10.0. The third kappa shape index (κ3) is 3.99. The molecule has 0 saturated heterocycles. The summed E-state index contributed by atoms with van der Waals surface area (Å²) in [7, 11) is 1.65. The minimum atomic E-state index is -0.270. The Bertz CT molecular complexity index is 613. The number of methoxy groups -OCH3 is 1. The van der Waals surface area contributed by atoms with Gasteiger partial charge in [-0.3, -0.25) is 0 Å². The van der Waals surface area contributed by atoms with Crippen molar-refractivity contribution < 1.29 is 9.47 Å². The van der Waals surface area contributed by atoms with Gasteiger partial charge in [0.25, 0.3) is 0 Å². The van der Waals surface area contributed by atoms with Crippen LogP contribution in [-0.2, 0) is 0 Å². The molecule has 2 rings (SSSR count). The molecule has 0 aliphatic carbocycles. The van der Waals surface area contributed by atoms with Crippen molar-refractivity contribution in [2.75, 3.05) is 7.11 Å². The van der Waals surface area contributed by atoms with E-state index in [4.69, 9.17) is 15.2 Å². The van der Waals surface area contributed by atoms with Crippen molar-refractivity contribution in [1.29, 1.82) is 0 Å². The molecule has 0 fully saturated rings. The van der Waals surface area contributed by atoms with Gasteiger partial charge in [-0.1, -0.05) is 28.1 Å². The fourth-order valence-electron chi connectivity index (χ4n) is 2.18. The minimum absolute atomic E-state index is 0.136. The van der Waals surface area contributed by atoms with Crippen LogP contribution in [-0.4, -0.2) is 13.2 Å². The lowest BCUT2D eigenvalue weighted by molar-refractivity contribution is 0.242. The zero-order chi connectivity index (χ0) is 15.4. The molecule has 0 saturated carbocycles. The largest absolute Gasteiger partial charge is 0.496 e. The van der Waals surface area contributed by atoms with Gasteiger partial charge in [-0.05, 0) is 49.7 Å². The zero-order valence-electron chi connectivity index (χ0n) is 12.5. The van der Waals surface area contributed by atoms with Gasteiger partial charge in [0.05, 0.1) is 19.3 Å². The van der Waals surface area contributed by atoms with Gasteiger partial charge in [0.2, 0.25) is 0 Å². The number of nitrogens with two attached hydrogens (primary N) is 1. The van der Waals surface area contributed by atoms with Crippen LogP contribution in [0.3, 0.4) is 0 Å². The molecule has 0 heterocycles. The Morgan fingerprint density at radius 2 is 1.86 bits per heavy atom. The third-order valence-corrected chi connectivity index (χ3v) is 3.61. The molecular formula is C17H20BrNO2. The molecule has 0 bridgehead atoms. The van der Waals surface area contributed by atoms with E-state index in [9.17, 15) is 0 Å². The van der Waals surface area contributed by atoms with Crippen LogP contribution in [0.4, 0.5) is 0 Å². The molecule has 3 nitrogen and oxygen atoms in total. The second kappa shape index (κ2) is 6.96. The summed E-state index contributed by atoms with van der Waals surface area (Å²) in [6, 6.07) is 13.4. The van der Waals surface area contributed by atoms with E-state index in [0.717, 1.165) is 27.1 Å². The molecule has 0 aromatic heterocycles. The van der Waals surface area contributed by atoms with E-state index < -0.39 is 0 Å². The Hall–Kier alpha value is -1.52. The average molecular weight is 350 g/mol. The first kappa shape index (κ1) is 15.9. The molecule has 0 amide bonds. The summed E-state index contributed by atoms with van der Waals surface area (Å²) >= 11 is 3.48. The van der Waals surface area contributed by atoms with E-state index in [2.05, 4.69) is 15.9 Å². The summed E-state index contributed by atoms with van der Waals surface area (Å²) in [5.74, 6) is 1.60.